The minimum absolute atomic E-state index is 0. The molecule has 1 aromatic carbocycles. The highest BCUT2D eigenvalue weighted by atomic mass is 35.5. The molecular weight excluding hydrogens is 421 g/mol. The highest BCUT2D eigenvalue weighted by molar-refractivity contribution is 5.85. The molecule has 0 bridgehead atoms. The molecular formula is C23H37Cl2N3O2. The lowest BCUT2D eigenvalue weighted by atomic mass is 9.88. The maximum absolute atomic E-state index is 13.3. The molecule has 0 aromatic heterocycles. The molecule has 30 heavy (non-hydrogen) atoms. The zero-order valence-electron chi connectivity index (χ0n) is 17.8. The first-order valence-electron chi connectivity index (χ1n) is 11.1. The van der Waals surface area contributed by atoms with Crippen molar-refractivity contribution in [2.45, 2.75) is 56.5 Å². The van der Waals surface area contributed by atoms with Gasteiger partial charge in [0.25, 0.3) is 0 Å². The van der Waals surface area contributed by atoms with Gasteiger partial charge in [0.05, 0.1) is 5.92 Å². The molecule has 170 valence electrons. The number of ether oxygens (including phenoxy) is 1. The van der Waals surface area contributed by atoms with E-state index in [2.05, 4.69) is 40.1 Å². The van der Waals surface area contributed by atoms with E-state index in [0.29, 0.717) is 17.9 Å². The Morgan fingerprint density at radius 1 is 0.900 bits per heavy atom. The van der Waals surface area contributed by atoms with Crippen molar-refractivity contribution in [3.8, 4) is 0 Å². The van der Waals surface area contributed by atoms with Crippen LogP contribution < -0.4 is 5.73 Å². The highest BCUT2D eigenvalue weighted by Crippen LogP contribution is 2.30. The summed E-state index contributed by atoms with van der Waals surface area (Å²) in [7, 11) is 0. The summed E-state index contributed by atoms with van der Waals surface area (Å²) >= 11 is 0. The normalized spacial score (nSPS) is 26.9. The Morgan fingerprint density at radius 3 is 2.23 bits per heavy atom. The van der Waals surface area contributed by atoms with Gasteiger partial charge in [0.15, 0.2) is 0 Å². The van der Waals surface area contributed by atoms with Crippen molar-refractivity contribution in [3.63, 3.8) is 0 Å². The molecule has 1 aromatic rings. The molecule has 3 saturated heterocycles. The topological polar surface area (TPSA) is 58.8 Å². The third-order valence-corrected chi connectivity index (χ3v) is 6.94. The molecule has 3 heterocycles. The average molecular weight is 458 g/mol. The lowest BCUT2D eigenvalue weighted by molar-refractivity contribution is -0.137. The summed E-state index contributed by atoms with van der Waals surface area (Å²) in [6, 6.07) is 11.5. The number of nitrogens with zero attached hydrogens (tertiary/aromatic N) is 2. The summed E-state index contributed by atoms with van der Waals surface area (Å²) in [5, 5.41) is 0. The van der Waals surface area contributed by atoms with E-state index in [4.69, 9.17) is 10.5 Å². The molecule has 0 saturated carbocycles. The van der Waals surface area contributed by atoms with Crippen LogP contribution >= 0.6 is 24.8 Å². The van der Waals surface area contributed by atoms with Gasteiger partial charge < -0.3 is 15.4 Å². The van der Waals surface area contributed by atoms with E-state index in [1.807, 2.05) is 0 Å². The molecule has 0 spiro atoms. The summed E-state index contributed by atoms with van der Waals surface area (Å²) < 4.78 is 5.53. The third-order valence-electron chi connectivity index (χ3n) is 6.94. The average Bonchev–Trinajstić information content (AvgIpc) is 2.96. The number of likely N-dealkylation sites (tertiary alicyclic amines) is 2. The number of benzene rings is 1. The molecule has 2 atom stereocenters. The Kier molecular flexibility index (Phi) is 10.4. The molecule has 0 aliphatic carbocycles. The predicted octanol–water partition coefficient (Wildman–Crippen LogP) is 3.45. The van der Waals surface area contributed by atoms with Crippen molar-refractivity contribution >= 4 is 30.7 Å². The first-order chi connectivity index (χ1) is 13.7. The second-order valence-corrected chi connectivity index (χ2v) is 8.84. The van der Waals surface area contributed by atoms with Crippen molar-refractivity contribution in [2.75, 3.05) is 39.4 Å². The van der Waals surface area contributed by atoms with Crippen molar-refractivity contribution in [1.29, 1.82) is 0 Å². The standard InChI is InChI=1S/C23H35N3O2.2ClH/c24-21-7-6-20(16-26(17-21)22-10-14-28-15-11-22)23(27)25-12-8-19(9-13-25)18-4-2-1-3-5-18;;/h1-5,19-22H,6-17,24H2;2*1H/t20-,21+;;/m1../s1. The molecule has 4 rings (SSSR count). The summed E-state index contributed by atoms with van der Waals surface area (Å²) in [6.45, 7) is 5.24. The number of halogens is 2. The van der Waals surface area contributed by atoms with Crippen LogP contribution in [0, 0.1) is 5.92 Å². The van der Waals surface area contributed by atoms with Gasteiger partial charge in [0.1, 0.15) is 0 Å². The number of piperidine rings is 1. The molecule has 1 amide bonds. The Hall–Kier alpha value is -0.850. The fourth-order valence-electron chi connectivity index (χ4n) is 5.22. The van der Waals surface area contributed by atoms with Crippen LogP contribution in [0.15, 0.2) is 30.3 Å². The highest BCUT2D eigenvalue weighted by Gasteiger charge is 2.34. The Morgan fingerprint density at radius 2 is 1.57 bits per heavy atom. The van der Waals surface area contributed by atoms with Crippen LogP contribution in [0.3, 0.4) is 0 Å². The number of hydrogen-bond donors (Lipinski definition) is 1. The summed E-state index contributed by atoms with van der Waals surface area (Å²) in [4.78, 5) is 17.9. The van der Waals surface area contributed by atoms with Gasteiger partial charge in [-0.15, -0.1) is 24.8 Å². The van der Waals surface area contributed by atoms with Crippen LogP contribution in [0.4, 0.5) is 0 Å². The third kappa shape index (κ3) is 6.33. The summed E-state index contributed by atoms with van der Waals surface area (Å²) in [6.07, 6.45) is 6.17. The largest absolute Gasteiger partial charge is 0.381 e. The summed E-state index contributed by atoms with van der Waals surface area (Å²) in [5.74, 6) is 1.05. The Bertz CT molecular complexity index is 635. The maximum atomic E-state index is 13.3. The second kappa shape index (κ2) is 12.3. The zero-order chi connectivity index (χ0) is 19.3. The number of carbonyl (C=O) groups is 1. The van der Waals surface area contributed by atoms with Gasteiger partial charge in [-0.1, -0.05) is 30.3 Å². The second-order valence-electron chi connectivity index (χ2n) is 8.84. The van der Waals surface area contributed by atoms with Crippen molar-refractivity contribution in [2.24, 2.45) is 11.7 Å². The van der Waals surface area contributed by atoms with Gasteiger partial charge in [0.2, 0.25) is 5.91 Å². The molecule has 0 radical (unpaired) electrons. The van der Waals surface area contributed by atoms with Crippen LogP contribution in [0.5, 0.6) is 0 Å². The van der Waals surface area contributed by atoms with E-state index in [9.17, 15) is 4.79 Å². The fourth-order valence-corrected chi connectivity index (χ4v) is 5.22. The van der Waals surface area contributed by atoms with Gasteiger partial charge >= 0.3 is 0 Å². The molecule has 2 N–H and O–H groups in total. The number of carbonyl (C=O) groups excluding carboxylic acids is 1. The smallest absolute Gasteiger partial charge is 0.226 e. The van der Waals surface area contributed by atoms with E-state index in [0.717, 1.165) is 77.9 Å². The maximum Gasteiger partial charge on any atom is 0.226 e. The van der Waals surface area contributed by atoms with Crippen LogP contribution in [-0.2, 0) is 9.53 Å². The molecule has 3 fully saturated rings. The van der Waals surface area contributed by atoms with Crippen molar-refractivity contribution in [1.82, 2.24) is 9.80 Å². The molecule has 3 aliphatic heterocycles. The minimum Gasteiger partial charge on any atom is -0.381 e. The van der Waals surface area contributed by atoms with E-state index in [1.54, 1.807) is 0 Å². The van der Waals surface area contributed by atoms with Crippen molar-refractivity contribution in [3.05, 3.63) is 35.9 Å². The van der Waals surface area contributed by atoms with Gasteiger partial charge in [-0.2, -0.15) is 0 Å². The predicted molar refractivity (Wildman–Crippen MR) is 126 cm³/mol. The monoisotopic (exact) mass is 457 g/mol. The zero-order valence-corrected chi connectivity index (χ0v) is 19.4. The minimum atomic E-state index is 0. The van der Waals surface area contributed by atoms with E-state index in [1.165, 1.54) is 5.56 Å². The van der Waals surface area contributed by atoms with Crippen LogP contribution in [0.25, 0.3) is 0 Å². The molecule has 0 unspecified atom stereocenters. The Balaban J connectivity index is 0.00000160. The van der Waals surface area contributed by atoms with E-state index >= 15 is 0 Å². The van der Waals surface area contributed by atoms with E-state index < -0.39 is 0 Å². The van der Waals surface area contributed by atoms with Gasteiger partial charge in [0, 0.05) is 51.5 Å². The molecule has 7 heteroatoms. The van der Waals surface area contributed by atoms with Gasteiger partial charge in [-0.05, 0) is 50.0 Å². The molecule has 5 nitrogen and oxygen atoms in total. The van der Waals surface area contributed by atoms with Crippen LogP contribution in [0.2, 0.25) is 0 Å². The number of hydrogen-bond acceptors (Lipinski definition) is 4. The Labute approximate surface area is 193 Å². The van der Waals surface area contributed by atoms with E-state index in [-0.39, 0.29) is 36.8 Å². The lowest BCUT2D eigenvalue weighted by Crippen LogP contribution is -2.48. The number of nitrogens with two attached hydrogens (primary N) is 1. The number of rotatable bonds is 3. The van der Waals surface area contributed by atoms with Gasteiger partial charge in [-0.25, -0.2) is 0 Å². The lowest BCUT2D eigenvalue weighted by Gasteiger charge is -2.38. The van der Waals surface area contributed by atoms with Crippen LogP contribution in [-0.4, -0.2) is 67.2 Å². The quantitative estimate of drug-likeness (QED) is 0.754. The fraction of sp³-hybridized carbons (Fsp3) is 0.696. The first kappa shape index (κ1) is 25.4. The SMILES string of the molecule is Cl.Cl.N[C@H]1CC[C@@H](C(=O)N2CCC(c3ccccc3)CC2)CN(C2CCOCC2)C1. The number of amides is 1. The summed E-state index contributed by atoms with van der Waals surface area (Å²) in [5.41, 5.74) is 7.77. The molecule has 3 aliphatic rings. The first-order valence-corrected chi connectivity index (χ1v) is 11.1. The van der Waals surface area contributed by atoms with Gasteiger partial charge in [-0.3, -0.25) is 9.69 Å². The van der Waals surface area contributed by atoms with Crippen LogP contribution in [0.1, 0.15) is 50.0 Å². The van der Waals surface area contributed by atoms with Crippen molar-refractivity contribution < 1.29 is 9.53 Å².